The zero-order chi connectivity index (χ0) is 44.6. The predicted molar refractivity (Wildman–Crippen MR) is 225 cm³/mol. The van der Waals surface area contributed by atoms with Gasteiger partial charge < -0.3 is 34.6 Å². The third kappa shape index (κ3) is 9.73. The maximum Gasteiger partial charge on any atom is 0.264 e. The van der Waals surface area contributed by atoms with Crippen molar-refractivity contribution in [2.45, 2.75) is 45.6 Å². The Balaban J connectivity index is 0.820. The number of benzene rings is 3. The molecule has 3 aliphatic rings. The van der Waals surface area contributed by atoms with E-state index in [0.717, 1.165) is 4.90 Å². The fourth-order valence-electron chi connectivity index (χ4n) is 7.94. The molecule has 0 aliphatic carbocycles. The number of anilines is 2. The topological polar surface area (TPSA) is 202 Å². The third-order valence-electron chi connectivity index (χ3n) is 11.1. The molecule has 0 spiro atoms. The minimum absolute atomic E-state index is 0.0209. The summed E-state index contributed by atoms with van der Waals surface area (Å²) in [5.41, 5.74) is 1.17. The van der Waals surface area contributed by atoms with Crippen molar-refractivity contribution in [3.05, 3.63) is 77.1 Å². The largest absolute Gasteiger partial charge is 0.490 e. The number of fused-ring (bicyclic) bond motifs is 2. The predicted octanol–water partition coefficient (Wildman–Crippen LogP) is 3.37. The Labute approximate surface area is 361 Å². The van der Waals surface area contributed by atoms with E-state index >= 15 is 8.78 Å². The summed E-state index contributed by atoms with van der Waals surface area (Å²) in [4.78, 5) is 88.2. The van der Waals surface area contributed by atoms with Crippen LogP contribution < -0.4 is 25.6 Å². The van der Waals surface area contributed by atoms with Gasteiger partial charge in [-0.1, -0.05) is 19.1 Å². The van der Waals surface area contributed by atoms with E-state index in [4.69, 9.17) is 14.2 Å². The fourth-order valence-corrected chi connectivity index (χ4v) is 7.94. The lowest BCUT2D eigenvalue weighted by Crippen LogP contribution is -2.54. The number of ether oxygens (including phenoxy) is 3. The van der Waals surface area contributed by atoms with E-state index in [1.165, 1.54) is 24.5 Å². The first-order chi connectivity index (χ1) is 30.5. The van der Waals surface area contributed by atoms with Gasteiger partial charge in [0, 0.05) is 75.2 Å². The molecule has 63 heavy (non-hydrogen) atoms. The summed E-state index contributed by atoms with van der Waals surface area (Å²) in [6, 6.07) is 9.70. The van der Waals surface area contributed by atoms with Crippen LogP contribution in [0.5, 0.6) is 5.75 Å². The number of hydrogen-bond acceptors (Lipinski definition) is 13. The molecule has 1 unspecified atom stereocenters. The van der Waals surface area contributed by atoms with Gasteiger partial charge in [-0.3, -0.25) is 39.0 Å². The number of nitrogens with one attached hydrogen (secondary N) is 3. The summed E-state index contributed by atoms with van der Waals surface area (Å²) in [5.74, 6) is -3.24. The Morgan fingerprint density at radius 2 is 1.62 bits per heavy atom. The zero-order valence-electron chi connectivity index (χ0n) is 35.0. The second-order valence-corrected chi connectivity index (χ2v) is 15.1. The second kappa shape index (κ2) is 20.1. The highest BCUT2D eigenvalue weighted by atomic mass is 19.1. The third-order valence-corrected chi connectivity index (χ3v) is 11.1. The maximum atomic E-state index is 16.4. The molecule has 17 nitrogen and oxygen atoms in total. The number of nitrogens with zero attached hydrogens (tertiary/aromatic N) is 5. The molecule has 1 aromatic heterocycles. The maximum absolute atomic E-state index is 16.4. The van der Waals surface area contributed by atoms with Gasteiger partial charge in [-0.25, -0.2) is 18.7 Å². The minimum Gasteiger partial charge on any atom is -0.490 e. The number of carbonyl (C=O) groups excluding carboxylic acids is 6. The first-order valence-corrected chi connectivity index (χ1v) is 20.9. The number of halogens is 2. The van der Waals surface area contributed by atoms with Crippen molar-refractivity contribution in [1.29, 1.82) is 0 Å². The van der Waals surface area contributed by atoms with Crippen molar-refractivity contribution in [3.8, 4) is 16.9 Å². The van der Waals surface area contributed by atoms with Crippen LogP contribution in [0.25, 0.3) is 22.0 Å². The number of carbonyl (C=O) groups is 6. The number of amides is 6. The van der Waals surface area contributed by atoms with E-state index in [9.17, 15) is 28.8 Å². The molecule has 4 heterocycles. The van der Waals surface area contributed by atoms with Crippen molar-refractivity contribution < 1.29 is 51.8 Å². The number of rotatable bonds is 18. The molecular weight excluding hydrogens is 823 g/mol. The average Bonchev–Trinajstić information content (AvgIpc) is 3.53. The molecule has 2 saturated heterocycles. The first-order valence-electron chi connectivity index (χ1n) is 20.9. The van der Waals surface area contributed by atoms with Crippen molar-refractivity contribution in [2.75, 3.05) is 82.5 Å². The summed E-state index contributed by atoms with van der Waals surface area (Å²) < 4.78 is 48.9. The number of aryl methyl sites for hydroxylation is 1. The van der Waals surface area contributed by atoms with Crippen LogP contribution in [0.15, 0.2) is 48.8 Å². The fraction of sp³-hybridized carbons (Fsp3) is 0.409. The molecule has 2 fully saturated rings. The summed E-state index contributed by atoms with van der Waals surface area (Å²) in [7, 11) is 0. The Morgan fingerprint density at radius 1 is 0.873 bits per heavy atom. The molecule has 19 heteroatoms. The Bertz CT molecular complexity index is 2430. The summed E-state index contributed by atoms with van der Waals surface area (Å²) in [6.45, 7) is 6.77. The number of piperidine rings is 1. The lowest BCUT2D eigenvalue weighted by Gasteiger charge is -2.35. The van der Waals surface area contributed by atoms with Gasteiger partial charge in [0.25, 0.3) is 11.8 Å². The van der Waals surface area contributed by atoms with E-state index in [1.807, 2.05) is 11.8 Å². The Morgan fingerprint density at radius 3 is 2.38 bits per heavy atom. The highest BCUT2D eigenvalue weighted by Gasteiger charge is 2.45. The molecule has 332 valence electrons. The summed E-state index contributed by atoms with van der Waals surface area (Å²) >= 11 is 0. The van der Waals surface area contributed by atoms with Gasteiger partial charge in [0.1, 0.15) is 41.9 Å². The van der Waals surface area contributed by atoms with Gasteiger partial charge in [0.2, 0.25) is 23.6 Å². The number of imide groups is 2. The van der Waals surface area contributed by atoms with E-state index in [2.05, 4.69) is 25.9 Å². The molecule has 3 N–H and O–H groups in total. The smallest absolute Gasteiger partial charge is 0.264 e. The van der Waals surface area contributed by atoms with E-state index in [0.29, 0.717) is 55.1 Å². The monoisotopic (exact) mass is 870 g/mol. The molecule has 3 aromatic carbocycles. The second-order valence-electron chi connectivity index (χ2n) is 15.1. The van der Waals surface area contributed by atoms with Gasteiger partial charge >= 0.3 is 0 Å². The van der Waals surface area contributed by atoms with Crippen LogP contribution >= 0.6 is 0 Å². The lowest BCUT2D eigenvalue weighted by atomic mass is 9.96. The SMILES string of the molecule is CCC(=O)N1CCN(c2ncnc3c(F)c(-c4c(F)cccc4OCCOCCOCCC(=O)NCCNc4cccc5c4C(=O)N(C4CCC(=O)NC4=O)C5=O)c(C)cc23)CC1. The van der Waals surface area contributed by atoms with Crippen LogP contribution in [0.3, 0.4) is 0 Å². The lowest BCUT2D eigenvalue weighted by molar-refractivity contribution is -0.136. The van der Waals surface area contributed by atoms with Crippen molar-refractivity contribution >= 4 is 57.9 Å². The minimum atomic E-state index is -1.07. The first kappa shape index (κ1) is 44.5. The quantitative estimate of drug-likeness (QED) is 0.0972. The molecule has 0 radical (unpaired) electrons. The van der Waals surface area contributed by atoms with Crippen LogP contribution in [0.4, 0.5) is 20.3 Å². The van der Waals surface area contributed by atoms with Crippen LogP contribution in [0.2, 0.25) is 0 Å². The Hall–Kier alpha value is -6.60. The van der Waals surface area contributed by atoms with Gasteiger partial charge in [-0.15, -0.1) is 0 Å². The molecule has 0 saturated carbocycles. The van der Waals surface area contributed by atoms with Gasteiger partial charge in [0.05, 0.1) is 43.1 Å². The highest BCUT2D eigenvalue weighted by Crippen LogP contribution is 2.40. The van der Waals surface area contributed by atoms with E-state index < -0.39 is 41.3 Å². The van der Waals surface area contributed by atoms with Gasteiger partial charge in [-0.05, 0) is 49.2 Å². The van der Waals surface area contributed by atoms with Crippen molar-refractivity contribution in [1.82, 2.24) is 30.4 Å². The van der Waals surface area contributed by atoms with E-state index in [-0.39, 0.29) is 111 Å². The highest BCUT2D eigenvalue weighted by molar-refractivity contribution is 6.25. The van der Waals surface area contributed by atoms with Crippen molar-refractivity contribution in [3.63, 3.8) is 0 Å². The summed E-state index contributed by atoms with van der Waals surface area (Å²) in [6.07, 6.45) is 1.87. The number of aromatic nitrogens is 2. The molecular formula is C44H48F2N8O9. The van der Waals surface area contributed by atoms with Crippen molar-refractivity contribution in [2.24, 2.45) is 0 Å². The van der Waals surface area contributed by atoms with Gasteiger partial charge in [-0.2, -0.15) is 0 Å². The zero-order valence-corrected chi connectivity index (χ0v) is 35.0. The average molecular weight is 871 g/mol. The van der Waals surface area contributed by atoms with Crippen LogP contribution in [-0.4, -0.2) is 134 Å². The Kier molecular flexibility index (Phi) is 14.2. The molecule has 6 amide bonds. The molecule has 4 aromatic rings. The molecule has 0 bridgehead atoms. The van der Waals surface area contributed by atoms with Gasteiger partial charge in [0.15, 0.2) is 5.82 Å². The van der Waals surface area contributed by atoms with E-state index in [1.54, 1.807) is 36.1 Å². The van der Waals surface area contributed by atoms with Crippen LogP contribution in [0, 0.1) is 18.6 Å². The van der Waals surface area contributed by atoms with Crippen LogP contribution in [-0.2, 0) is 28.7 Å². The standard InChI is InChI=1S/C44H48F2N8O9/c1-3-35(57)52-15-17-53(18-16-52)41-28-24-26(2)36(39(46)40(28)49-25-50-41)38-29(45)7-5-9-32(38)63-23-22-62-21-20-61-19-12-33(55)48-14-13-47-30-8-4-6-27-37(30)44(60)54(43(27)59)31-10-11-34(56)51-42(31)58/h4-9,24-25,31,47H,3,10-23H2,1-2H3,(H,48,55)(H,51,56,58). The number of piperazine rings is 1. The number of hydrogen-bond donors (Lipinski definition) is 3. The molecule has 3 aliphatic heterocycles. The normalized spacial score (nSPS) is 16.4. The van der Waals surface area contributed by atoms with Crippen LogP contribution in [0.1, 0.15) is 58.9 Å². The summed E-state index contributed by atoms with van der Waals surface area (Å²) in [5, 5.41) is 8.49. The molecule has 1 atom stereocenters. The molecule has 7 rings (SSSR count).